The number of hydrogen-bond donors (Lipinski definition) is 1. The number of halogens is 1. The van der Waals surface area contributed by atoms with Gasteiger partial charge in [0.25, 0.3) is 0 Å². The van der Waals surface area contributed by atoms with E-state index in [0.717, 1.165) is 12.0 Å². The SMILES string of the molecule is C[C@H]1CC[C@@H](C(=O)O)CN1C(=O)Cc1cccc(Cl)c1. The van der Waals surface area contributed by atoms with Gasteiger partial charge in [0.1, 0.15) is 0 Å². The van der Waals surface area contributed by atoms with Crippen LogP contribution in [-0.2, 0) is 16.0 Å². The van der Waals surface area contributed by atoms with Crippen LogP contribution in [0.5, 0.6) is 0 Å². The molecule has 0 aliphatic carbocycles. The van der Waals surface area contributed by atoms with Crippen molar-refractivity contribution in [2.75, 3.05) is 6.54 Å². The van der Waals surface area contributed by atoms with Gasteiger partial charge in [-0.2, -0.15) is 0 Å². The predicted octanol–water partition coefficient (Wildman–Crippen LogP) is 2.59. The molecule has 1 fully saturated rings. The third-order valence-electron chi connectivity index (χ3n) is 3.80. The largest absolute Gasteiger partial charge is 0.481 e. The van der Waals surface area contributed by atoms with Gasteiger partial charge < -0.3 is 10.0 Å². The van der Waals surface area contributed by atoms with Crippen LogP contribution in [0.1, 0.15) is 25.3 Å². The molecule has 5 heteroatoms. The summed E-state index contributed by atoms with van der Waals surface area (Å²) in [6.45, 7) is 2.27. The quantitative estimate of drug-likeness (QED) is 0.932. The van der Waals surface area contributed by atoms with E-state index < -0.39 is 11.9 Å². The Bertz CT molecular complexity index is 518. The second-order valence-corrected chi connectivity index (χ2v) is 5.75. The molecule has 1 saturated heterocycles. The van der Waals surface area contributed by atoms with Crippen LogP contribution >= 0.6 is 11.6 Å². The van der Waals surface area contributed by atoms with Gasteiger partial charge in [0.15, 0.2) is 0 Å². The van der Waals surface area contributed by atoms with Crippen LogP contribution in [0, 0.1) is 5.92 Å². The summed E-state index contributed by atoms with van der Waals surface area (Å²) in [5, 5.41) is 9.70. The zero-order chi connectivity index (χ0) is 14.7. The van der Waals surface area contributed by atoms with E-state index in [0.29, 0.717) is 18.0 Å². The van der Waals surface area contributed by atoms with Gasteiger partial charge in [-0.05, 0) is 37.5 Å². The van der Waals surface area contributed by atoms with Crippen LogP contribution in [0.25, 0.3) is 0 Å². The second kappa shape index (κ2) is 6.27. The van der Waals surface area contributed by atoms with Gasteiger partial charge in [0, 0.05) is 17.6 Å². The molecule has 0 saturated carbocycles. The lowest BCUT2D eigenvalue weighted by Gasteiger charge is -2.36. The summed E-state index contributed by atoms with van der Waals surface area (Å²) in [6, 6.07) is 7.29. The van der Waals surface area contributed by atoms with Crippen LogP contribution in [-0.4, -0.2) is 34.5 Å². The molecule has 1 aromatic rings. The van der Waals surface area contributed by atoms with Crippen molar-refractivity contribution in [1.82, 2.24) is 4.90 Å². The summed E-state index contributed by atoms with van der Waals surface area (Å²) >= 11 is 5.90. The van der Waals surface area contributed by atoms with E-state index in [4.69, 9.17) is 16.7 Å². The molecule has 1 N–H and O–H groups in total. The van der Waals surface area contributed by atoms with E-state index >= 15 is 0 Å². The smallest absolute Gasteiger partial charge is 0.308 e. The first kappa shape index (κ1) is 14.9. The van der Waals surface area contributed by atoms with Gasteiger partial charge in [-0.3, -0.25) is 9.59 Å². The summed E-state index contributed by atoms with van der Waals surface area (Å²) in [7, 11) is 0. The number of piperidine rings is 1. The number of likely N-dealkylation sites (tertiary alicyclic amines) is 1. The van der Waals surface area contributed by atoms with Crippen molar-refractivity contribution in [1.29, 1.82) is 0 Å². The molecule has 1 aliphatic heterocycles. The van der Waals surface area contributed by atoms with E-state index in [1.165, 1.54) is 0 Å². The monoisotopic (exact) mass is 295 g/mol. The number of carbonyl (C=O) groups is 2. The molecule has 0 unspecified atom stereocenters. The first-order valence-corrected chi connectivity index (χ1v) is 7.12. The van der Waals surface area contributed by atoms with Gasteiger partial charge in [-0.25, -0.2) is 0 Å². The Morgan fingerprint density at radius 1 is 1.40 bits per heavy atom. The Morgan fingerprint density at radius 2 is 2.15 bits per heavy atom. The number of hydrogen-bond acceptors (Lipinski definition) is 2. The van der Waals surface area contributed by atoms with Crippen LogP contribution in [0.4, 0.5) is 0 Å². The highest BCUT2D eigenvalue weighted by molar-refractivity contribution is 6.30. The highest BCUT2D eigenvalue weighted by atomic mass is 35.5. The normalized spacial score (nSPS) is 22.6. The van der Waals surface area contributed by atoms with Crippen molar-refractivity contribution in [3.63, 3.8) is 0 Å². The predicted molar refractivity (Wildman–Crippen MR) is 76.7 cm³/mol. The van der Waals surface area contributed by atoms with Crippen molar-refractivity contribution in [2.24, 2.45) is 5.92 Å². The third kappa shape index (κ3) is 3.51. The fraction of sp³-hybridized carbons (Fsp3) is 0.467. The van der Waals surface area contributed by atoms with Crippen LogP contribution in [0.15, 0.2) is 24.3 Å². The minimum atomic E-state index is -0.822. The molecule has 1 aliphatic rings. The maximum atomic E-state index is 12.3. The first-order chi connectivity index (χ1) is 9.47. The molecule has 108 valence electrons. The van der Waals surface area contributed by atoms with Gasteiger partial charge in [0.2, 0.25) is 5.91 Å². The average Bonchev–Trinajstić information content (AvgIpc) is 2.38. The number of aliphatic carboxylic acids is 1. The zero-order valence-electron chi connectivity index (χ0n) is 11.4. The highest BCUT2D eigenvalue weighted by Gasteiger charge is 2.32. The molecule has 2 atom stereocenters. The fourth-order valence-corrected chi connectivity index (χ4v) is 2.79. The zero-order valence-corrected chi connectivity index (χ0v) is 12.1. The van der Waals surface area contributed by atoms with E-state index in [1.807, 2.05) is 19.1 Å². The average molecular weight is 296 g/mol. The lowest BCUT2D eigenvalue weighted by molar-refractivity contribution is -0.146. The summed E-state index contributed by atoms with van der Waals surface area (Å²) in [5.74, 6) is -1.31. The molecule has 1 amide bonds. The summed E-state index contributed by atoms with van der Waals surface area (Å²) in [6.07, 6.45) is 1.63. The van der Waals surface area contributed by atoms with Crippen molar-refractivity contribution < 1.29 is 14.7 Å². The maximum absolute atomic E-state index is 12.3. The molecular weight excluding hydrogens is 278 g/mol. The van der Waals surface area contributed by atoms with Crippen molar-refractivity contribution in [2.45, 2.75) is 32.2 Å². The van der Waals surface area contributed by atoms with E-state index in [-0.39, 0.29) is 18.4 Å². The first-order valence-electron chi connectivity index (χ1n) is 6.74. The highest BCUT2D eigenvalue weighted by Crippen LogP contribution is 2.23. The topological polar surface area (TPSA) is 57.6 Å². The molecule has 1 aromatic carbocycles. The van der Waals surface area contributed by atoms with Crippen LogP contribution < -0.4 is 0 Å². The minimum absolute atomic E-state index is 0.0364. The van der Waals surface area contributed by atoms with Crippen molar-refractivity contribution in [3.05, 3.63) is 34.9 Å². The molecule has 0 radical (unpaired) electrons. The Hall–Kier alpha value is -1.55. The van der Waals surface area contributed by atoms with Crippen LogP contribution in [0.3, 0.4) is 0 Å². The Labute approximate surface area is 123 Å². The van der Waals surface area contributed by atoms with Gasteiger partial charge in [-0.1, -0.05) is 23.7 Å². The molecule has 1 heterocycles. The minimum Gasteiger partial charge on any atom is -0.481 e. The van der Waals surface area contributed by atoms with E-state index in [1.54, 1.807) is 17.0 Å². The number of rotatable bonds is 3. The van der Waals surface area contributed by atoms with E-state index in [2.05, 4.69) is 0 Å². The molecule has 0 spiro atoms. The number of carboxylic acid groups (broad SMARTS) is 1. The standard InChI is InChI=1S/C15H18ClNO3/c1-10-5-6-12(15(19)20)9-17(10)14(18)8-11-3-2-4-13(16)7-11/h2-4,7,10,12H,5-6,8-9H2,1H3,(H,19,20)/t10-,12+/m0/s1. The molecule has 0 aromatic heterocycles. The maximum Gasteiger partial charge on any atom is 0.308 e. The number of amides is 1. The molecular formula is C15H18ClNO3. The lowest BCUT2D eigenvalue weighted by atomic mass is 9.93. The Morgan fingerprint density at radius 3 is 2.80 bits per heavy atom. The second-order valence-electron chi connectivity index (χ2n) is 5.31. The summed E-state index contributed by atoms with van der Waals surface area (Å²) < 4.78 is 0. The van der Waals surface area contributed by atoms with Crippen molar-refractivity contribution >= 4 is 23.5 Å². The Balaban J connectivity index is 2.05. The molecule has 0 bridgehead atoms. The van der Waals surface area contributed by atoms with Gasteiger partial charge in [-0.15, -0.1) is 0 Å². The number of benzene rings is 1. The third-order valence-corrected chi connectivity index (χ3v) is 4.03. The summed E-state index contributed by atoms with van der Waals surface area (Å²) in [4.78, 5) is 25.1. The van der Waals surface area contributed by atoms with Gasteiger partial charge in [0.05, 0.1) is 12.3 Å². The number of nitrogens with zero attached hydrogens (tertiary/aromatic N) is 1. The van der Waals surface area contributed by atoms with Crippen LogP contribution in [0.2, 0.25) is 5.02 Å². The Kier molecular flexibility index (Phi) is 4.65. The molecule has 2 rings (SSSR count). The van der Waals surface area contributed by atoms with Gasteiger partial charge >= 0.3 is 5.97 Å². The number of carbonyl (C=O) groups excluding carboxylic acids is 1. The lowest BCUT2D eigenvalue weighted by Crippen LogP contribution is -2.47. The molecule has 4 nitrogen and oxygen atoms in total. The van der Waals surface area contributed by atoms with Crippen molar-refractivity contribution in [3.8, 4) is 0 Å². The fourth-order valence-electron chi connectivity index (χ4n) is 2.58. The van der Waals surface area contributed by atoms with E-state index in [9.17, 15) is 9.59 Å². The number of carboxylic acids is 1. The molecule has 20 heavy (non-hydrogen) atoms. The summed E-state index contributed by atoms with van der Waals surface area (Å²) in [5.41, 5.74) is 0.854.